The van der Waals surface area contributed by atoms with Crippen LogP contribution in [0.2, 0.25) is 0 Å². The first-order chi connectivity index (χ1) is 8.20. The molecule has 2 nitrogen and oxygen atoms in total. The van der Waals surface area contributed by atoms with Crippen LogP contribution in [0.25, 0.3) is 0 Å². The largest absolute Gasteiger partial charge is 0.496 e. The molecule has 0 aromatic heterocycles. The summed E-state index contributed by atoms with van der Waals surface area (Å²) in [6.07, 6.45) is 6.12. The van der Waals surface area contributed by atoms with E-state index in [1.54, 1.807) is 7.11 Å². The standard InChI is InChI=1S/C15H23NO/c1-11-7-8-15(17-2)13(9-11)10-12-5-3-4-6-14(12)16/h7-9,12,14H,3-6,10,16H2,1-2H3. The number of hydrogen-bond donors (Lipinski definition) is 1. The zero-order valence-electron chi connectivity index (χ0n) is 10.9. The average molecular weight is 233 g/mol. The van der Waals surface area contributed by atoms with Gasteiger partial charge in [0, 0.05) is 6.04 Å². The van der Waals surface area contributed by atoms with Gasteiger partial charge in [-0.25, -0.2) is 0 Å². The minimum atomic E-state index is 0.369. The third-order valence-corrected chi connectivity index (χ3v) is 3.89. The van der Waals surface area contributed by atoms with Gasteiger partial charge >= 0.3 is 0 Å². The molecule has 0 amide bonds. The number of benzene rings is 1. The summed E-state index contributed by atoms with van der Waals surface area (Å²) >= 11 is 0. The van der Waals surface area contributed by atoms with E-state index in [4.69, 9.17) is 10.5 Å². The average Bonchev–Trinajstić information content (AvgIpc) is 2.32. The van der Waals surface area contributed by atoms with E-state index in [-0.39, 0.29) is 0 Å². The van der Waals surface area contributed by atoms with Crippen LogP contribution >= 0.6 is 0 Å². The molecule has 94 valence electrons. The third kappa shape index (κ3) is 3.01. The van der Waals surface area contributed by atoms with Gasteiger partial charge in [-0.2, -0.15) is 0 Å². The molecule has 2 rings (SSSR count). The van der Waals surface area contributed by atoms with Gasteiger partial charge in [0.05, 0.1) is 7.11 Å². The highest BCUT2D eigenvalue weighted by Gasteiger charge is 2.23. The fraction of sp³-hybridized carbons (Fsp3) is 0.600. The fourth-order valence-electron chi connectivity index (χ4n) is 2.84. The first-order valence-corrected chi connectivity index (χ1v) is 6.60. The Balaban J connectivity index is 2.13. The normalized spacial score (nSPS) is 24.6. The Hall–Kier alpha value is -1.02. The van der Waals surface area contributed by atoms with Crippen LogP contribution in [0.1, 0.15) is 36.8 Å². The summed E-state index contributed by atoms with van der Waals surface area (Å²) in [6.45, 7) is 2.13. The highest BCUT2D eigenvalue weighted by Crippen LogP contribution is 2.30. The molecule has 1 fully saturated rings. The van der Waals surface area contributed by atoms with E-state index in [0.717, 1.165) is 12.2 Å². The SMILES string of the molecule is COc1ccc(C)cc1CC1CCCCC1N. The van der Waals surface area contributed by atoms with Gasteiger partial charge in [0.2, 0.25) is 0 Å². The highest BCUT2D eigenvalue weighted by molar-refractivity contribution is 5.37. The lowest BCUT2D eigenvalue weighted by Gasteiger charge is -2.29. The Morgan fingerprint density at radius 3 is 2.76 bits per heavy atom. The van der Waals surface area contributed by atoms with Crippen molar-refractivity contribution in [3.8, 4) is 5.75 Å². The van der Waals surface area contributed by atoms with E-state index < -0.39 is 0 Å². The van der Waals surface area contributed by atoms with Crippen LogP contribution in [-0.4, -0.2) is 13.2 Å². The van der Waals surface area contributed by atoms with Crippen molar-refractivity contribution in [3.05, 3.63) is 29.3 Å². The van der Waals surface area contributed by atoms with Crippen LogP contribution in [-0.2, 0) is 6.42 Å². The van der Waals surface area contributed by atoms with Crippen molar-refractivity contribution in [3.63, 3.8) is 0 Å². The van der Waals surface area contributed by atoms with Gasteiger partial charge in [0.1, 0.15) is 5.75 Å². The summed E-state index contributed by atoms with van der Waals surface area (Å²) in [4.78, 5) is 0. The van der Waals surface area contributed by atoms with Crippen molar-refractivity contribution in [1.82, 2.24) is 0 Å². The zero-order valence-corrected chi connectivity index (χ0v) is 10.9. The number of aryl methyl sites for hydroxylation is 1. The van der Waals surface area contributed by atoms with Crippen molar-refractivity contribution in [1.29, 1.82) is 0 Å². The van der Waals surface area contributed by atoms with Gasteiger partial charge < -0.3 is 10.5 Å². The number of hydrogen-bond acceptors (Lipinski definition) is 2. The van der Waals surface area contributed by atoms with Crippen molar-refractivity contribution >= 4 is 0 Å². The third-order valence-electron chi connectivity index (χ3n) is 3.89. The smallest absolute Gasteiger partial charge is 0.122 e. The molecule has 2 N–H and O–H groups in total. The second kappa shape index (κ2) is 5.54. The lowest BCUT2D eigenvalue weighted by atomic mass is 9.81. The maximum atomic E-state index is 6.22. The summed E-state index contributed by atoms with van der Waals surface area (Å²) in [5, 5.41) is 0. The Kier molecular flexibility index (Phi) is 4.06. The minimum absolute atomic E-state index is 0.369. The molecule has 0 bridgehead atoms. The fourth-order valence-corrected chi connectivity index (χ4v) is 2.84. The Bertz CT molecular complexity index is 375. The molecule has 17 heavy (non-hydrogen) atoms. The molecular formula is C15H23NO. The molecule has 2 unspecified atom stereocenters. The van der Waals surface area contributed by atoms with E-state index in [1.807, 2.05) is 0 Å². The van der Waals surface area contributed by atoms with Crippen LogP contribution in [0.4, 0.5) is 0 Å². The van der Waals surface area contributed by atoms with Crippen LogP contribution in [0.5, 0.6) is 5.75 Å². The Morgan fingerprint density at radius 1 is 1.29 bits per heavy atom. The van der Waals surface area contributed by atoms with Gasteiger partial charge in [-0.15, -0.1) is 0 Å². The van der Waals surface area contributed by atoms with E-state index in [1.165, 1.54) is 36.8 Å². The number of ether oxygens (including phenoxy) is 1. The van der Waals surface area contributed by atoms with E-state index in [9.17, 15) is 0 Å². The second-order valence-corrected chi connectivity index (χ2v) is 5.23. The molecule has 0 radical (unpaired) electrons. The van der Waals surface area contributed by atoms with Crippen LogP contribution in [0, 0.1) is 12.8 Å². The van der Waals surface area contributed by atoms with Gasteiger partial charge in [-0.05, 0) is 43.7 Å². The van der Waals surface area contributed by atoms with E-state index in [0.29, 0.717) is 12.0 Å². The second-order valence-electron chi connectivity index (χ2n) is 5.23. The van der Waals surface area contributed by atoms with Gasteiger partial charge in [-0.3, -0.25) is 0 Å². The molecule has 0 saturated heterocycles. The predicted octanol–water partition coefficient (Wildman–Crippen LogP) is 3.06. The summed E-state index contributed by atoms with van der Waals surface area (Å²) in [5.41, 5.74) is 8.83. The first-order valence-electron chi connectivity index (χ1n) is 6.60. The highest BCUT2D eigenvalue weighted by atomic mass is 16.5. The van der Waals surface area contributed by atoms with Gasteiger partial charge in [0.15, 0.2) is 0 Å². The molecule has 0 aliphatic heterocycles. The van der Waals surface area contributed by atoms with Crippen LogP contribution in [0.15, 0.2) is 18.2 Å². The molecule has 1 saturated carbocycles. The first kappa shape index (κ1) is 12.4. The number of rotatable bonds is 3. The molecule has 0 spiro atoms. The molecule has 2 heteroatoms. The van der Waals surface area contributed by atoms with Crippen LogP contribution in [0.3, 0.4) is 0 Å². The van der Waals surface area contributed by atoms with Crippen LogP contribution < -0.4 is 10.5 Å². The van der Waals surface area contributed by atoms with Gasteiger partial charge in [0.25, 0.3) is 0 Å². The molecule has 1 aromatic rings. The van der Waals surface area contributed by atoms with E-state index in [2.05, 4.69) is 25.1 Å². The van der Waals surface area contributed by atoms with E-state index >= 15 is 0 Å². The lowest BCUT2D eigenvalue weighted by molar-refractivity contribution is 0.302. The predicted molar refractivity (Wildman–Crippen MR) is 71.4 cm³/mol. The molecule has 1 aromatic carbocycles. The summed E-state index contributed by atoms with van der Waals surface area (Å²) in [6, 6.07) is 6.77. The molecule has 1 aliphatic rings. The summed E-state index contributed by atoms with van der Waals surface area (Å²) < 4.78 is 5.44. The lowest BCUT2D eigenvalue weighted by Crippen LogP contribution is -2.34. The van der Waals surface area contributed by atoms with Gasteiger partial charge in [-0.1, -0.05) is 30.5 Å². The number of methoxy groups -OCH3 is 1. The molecular weight excluding hydrogens is 210 g/mol. The minimum Gasteiger partial charge on any atom is -0.496 e. The summed E-state index contributed by atoms with van der Waals surface area (Å²) in [7, 11) is 1.75. The Labute approximate surface area is 104 Å². The quantitative estimate of drug-likeness (QED) is 0.871. The molecule has 2 atom stereocenters. The molecule has 1 aliphatic carbocycles. The monoisotopic (exact) mass is 233 g/mol. The topological polar surface area (TPSA) is 35.2 Å². The van der Waals surface area contributed by atoms with Crippen molar-refractivity contribution in [2.45, 2.75) is 45.1 Å². The molecule has 0 heterocycles. The van der Waals surface area contributed by atoms with Crippen molar-refractivity contribution < 1.29 is 4.74 Å². The Morgan fingerprint density at radius 2 is 2.06 bits per heavy atom. The van der Waals surface area contributed by atoms with Crippen molar-refractivity contribution in [2.75, 3.05) is 7.11 Å². The maximum Gasteiger partial charge on any atom is 0.122 e. The summed E-state index contributed by atoms with van der Waals surface area (Å²) in [5.74, 6) is 1.63. The maximum absolute atomic E-state index is 6.22. The zero-order chi connectivity index (χ0) is 12.3. The number of nitrogens with two attached hydrogens (primary N) is 1. The van der Waals surface area contributed by atoms with Crippen molar-refractivity contribution in [2.24, 2.45) is 11.7 Å².